The minimum Gasteiger partial charge on any atom is -0.395 e. The van der Waals surface area contributed by atoms with Crippen LogP contribution in [0.1, 0.15) is 26.7 Å². The Labute approximate surface area is 109 Å². The predicted molar refractivity (Wildman–Crippen MR) is 74.1 cm³/mol. The molecule has 0 heterocycles. The van der Waals surface area contributed by atoms with Gasteiger partial charge in [-0.1, -0.05) is 32.1 Å². The van der Waals surface area contributed by atoms with E-state index in [1.165, 1.54) is 0 Å². The monoisotopic (exact) mass is 257 g/mol. The maximum Gasteiger partial charge on any atom is 0.131 e. The fourth-order valence-electron chi connectivity index (χ4n) is 1.96. The van der Waals surface area contributed by atoms with Crippen LogP contribution in [0.4, 0.5) is 0 Å². The molecular weight excluding hydrogens is 234 g/mol. The van der Waals surface area contributed by atoms with Crippen molar-refractivity contribution in [3.8, 4) is 0 Å². The lowest BCUT2D eigenvalue weighted by Crippen LogP contribution is -2.42. The highest BCUT2D eigenvalue weighted by molar-refractivity contribution is 7.81. The van der Waals surface area contributed by atoms with Crippen LogP contribution in [0.5, 0.6) is 0 Å². The number of allylic oxidation sites excluding steroid dienone is 1. The molecule has 3 N–H and O–H groups in total. The van der Waals surface area contributed by atoms with Gasteiger partial charge >= 0.3 is 0 Å². The number of aliphatic hydroxyl groups excluding tert-OH is 2. The molecule has 0 amide bonds. The van der Waals surface area contributed by atoms with Gasteiger partial charge in [-0.2, -0.15) is 12.6 Å². The maximum atomic E-state index is 10.0. The summed E-state index contributed by atoms with van der Waals surface area (Å²) in [5, 5.41) is 22.5. The SMILES string of the molecule is CC(C)CC(CO)NC(O)C1=CC(S)CC=C1. The molecule has 0 bridgehead atoms. The Kier molecular flexibility index (Phi) is 6.27. The number of nitrogens with one attached hydrogen (secondary N) is 1. The molecule has 0 spiro atoms. The zero-order chi connectivity index (χ0) is 12.8. The standard InChI is InChI=1S/C13H23NO2S/c1-9(2)6-11(8-15)14-13(16)10-4-3-5-12(17)7-10/h3-4,7,9,11-17H,5-6,8H2,1-2H3. The first-order valence-electron chi connectivity index (χ1n) is 6.14. The summed E-state index contributed by atoms with van der Waals surface area (Å²) in [4.78, 5) is 0. The lowest BCUT2D eigenvalue weighted by Gasteiger charge is -2.24. The van der Waals surface area contributed by atoms with Crippen molar-refractivity contribution in [2.45, 2.75) is 44.2 Å². The fraction of sp³-hybridized carbons (Fsp3) is 0.692. The van der Waals surface area contributed by atoms with E-state index < -0.39 is 6.23 Å². The van der Waals surface area contributed by atoms with Gasteiger partial charge in [-0.05, 0) is 24.3 Å². The topological polar surface area (TPSA) is 52.5 Å². The average molecular weight is 257 g/mol. The lowest BCUT2D eigenvalue weighted by atomic mass is 10.0. The summed E-state index contributed by atoms with van der Waals surface area (Å²) < 4.78 is 0. The number of thiol groups is 1. The molecule has 98 valence electrons. The smallest absolute Gasteiger partial charge is 0.131 e. The van der Waals surface area contributed by atoms with Crippen molar-refractivity contribution in [1.82, 2.24) is 5.32 Å². The van der Waals surface area contributed by atoms with Gasteiger partial charge in [0.1, 0.15) is 6.23 Å². The van der Waals surface area contributed by atoms with Crippen LogP contribution in [0.15, 0.2) is 23.8 Å². The van der Waals surface area contributed by atoms with Gasteiger partial charge in [0.15, 0.2) is 0 Å². The van der Waals surface area contributed by atoms with E-state index in [0.717, 1.165) is 18.4 Å². The lowest BCUT2D eigenvalue weighted by molar-refractivity contribution is 0.125. The molecule has 4 heteroatoms. The van der Waals surface area contributed by atoms with Gasteiger partial charge in [0.05, 0.1) is 6.61 Å². The molecule has 0 aromatic rings. The van der Waals surface area contributed by atoms with Gasteiger partial charge < -0.3 is 10.2 Å². The molecule has 3 unspecified atom stereocenters. The quantitative estimate of drug-likeness (QED) is 0.431. The summed E-state index contributed by atoms with van der Waals surface area (Å²) in [6, 6.07) is -0.0698. The number of aliphatic hydroxyl groups is 2. The normalized spacial score (nSPS) is 23.6. The van der Waals surface area contributed by atoms with Crippen LogP contribution < -0.4 is 5.32 Å². The summed E-state index contributed by atoms with van der Waals surface area (Å²) >= 11 is 4.37. The first-order valence-corrected chi connectivity index (χ1v) is 6.66. The van der Waals surface area contributed by atoms with Crippen molar-refractivity contribution in [2.24, 2.45) is 5.92 Å². The van der Waals surface area contributed by atoms with E-state index >= 15 is 0 Å². The van der Waals surface area contributed by atoms with Crippen LogP contribution in [-0.4, -0.2) is 34.3 Å². The molecule has 0 saturated carbocycles. The van der Waals surface area contributed by atoms with Crippen LogP contribution in [0.25, 0.3) is 0 Å². The highest BCUT2D eigenvalue weighted by Crippen LogP contribution is 2.17. The summed E-state index contributed by atoms with van der Waals surface area (Å²) in [6.45, 7) is 4.23. The number of hydrogen-bond acceptors (Lipinski definition) is 4. The Bertz CT molecular complexity index is 289. The van der Waals surface area contributed by atoms with Crippen LogP contribution in [-0.2, 0) is 0 Å². The molecular formula is C13H23NO2S. The summed E-state index contributed by atoms with van der Waals surface area (Å²) in [7, 11) is 0. The van der Waals surface area contributed by atoms with E-state index in [2.05, 4.69) is 31.8 Å². The fourth-order valence-corrected chi connectivity index (χ4v) is 2.25. The highest BCUT2D eigenvalue weighted by Gasteiger charge is 2.17. The van der Waals surface area contributed by atoms with E-state index in [4.69, 9.17) is 0 Å². The molecule has 1 aliphatic carbocycles. The van der Waals surface area contributed by atoms with Gasteiger partial charge in [0, 0.05) is 11.3 Å². The zero-order valence-corrected chi connectivity index (χ0v) is 11.4. The summed E-state index contributed by atoms with van der Waals surface area (Å²) in [5.74, 6) is 0.486. The minimum absolute atomic E-state index is 0.0382. The largest absolute Gasteiger partial charge is 0.395 e. The third kappa shape index (κ3) is 5.25. The van der Waals surface area contributed by atoms with Crippen molar-refractivity contribution < 1.29 is 10.2 Å². The molecule has 0 aliphatic heterocycles. The minimum atomic E-state index is -0.725. The Balaban J connectivity index is 2.52. The van der Waals surface area contributed by atoms with Gasteiger partial charge in [-0.15, -0.1) is 0 Å². The predicted octanol–water partition coefficient (Wildman–Crippen LogP) is 1.49. The molecule has 0 fully saturated rings. The Morgan fingerprint density at radius 3 is 2.76 bits per heavy atom. The van der Waals surface area contributed by atoms with Crippen molar-refractivity contribution in [2.75, 3.05) is 6.61 Å². The maximum absolute atomic E-state index is 10.0. The number of rotatable bonds is 6. The second-order valence-electron chi connectivity index (χ2n) is 4.95. The molecule has 3 atom stereocenters. The molecule has 0 radical (unpaired) electrons. The third-order valence-electron chi connectivity index (χ3n) is 2.76. The van der Waals surface area contributed by atoms with Gasteiger partial charge in [0.2, 0.25) is 0 Å². The molecule has 0 aromatic carbocycles. The zero-order valence-electron chi connectivity index (χ0n) is 10.5. The first-order chi connectivity index (χ1) is 8.02. The van der Waals surface area contributed by atoms with E-state index in [-0.39, 0.29) is 17.9 Å². The second-order valence-corrected chi connectivity index (χ2v) is 5.61. The van der Waals surface area contributed by atoms with Crippen LogP contribution in [0.2, 0.25) is 0 Å². The molecule has 3 nitrogen and oxygen atoms in total. The third-order valence-corrected chi connectivity index (χ3v) is 3.12. The molecule has 17 heavy (non-hydrogen) atoms. The van der Waals surface area contributed by atoms with Crippen LogP contribution >= 0.6 is 12.6 Å². The molecule has 1 aliphatic rings. The Morgan fingerprint density at radius 1 is 1.53 bits per heavy atom. The summed E-state index contributed by atoms with van der Waals surface area (Å²) in [6.07, 6.45) is 6.88. The Hall–Kier alpha value is -0.290. The first kappa shape index (κ1) is 14.8. The van der Waals surface area contributed by atoms with Gasteiger partial charge in [-0.3, -0.25) is 5.32 Å². The van der Waals surface area contributed by atoms with E-state index in [1.54, 1.807) is 0 Å². The van der Waals surface area contributed by atoms with Crippen LogP contribution in [0.3, 0.4) is 0 Å². The van der Waals surface area contributed by atoms with E-state index in [0.29, 0.717) is 5.92 Å². The van der Waals surface area contributed by atoms with E-state index in [1.807, 2.05) is 18.2 Å². The van der Waals surface area contributed by atoms with Crippen LogP contribution in [0, 0.1) is 5.92 Å². The Morgan fingerprint density at radius 2 is 2.24 bits per heavy atom. The van der Waals surface area contributed by atoms with Crippen molar-refractivity contribution >= 4 is 12.6 Å². The van der Waals surface area contributed by atoms with Crippen molar-refractivity contribution in [1.29, 1.82) is 0 Å². The summed E-state index contributed by atoms with van der Waals surface area (Å²) in [5.41, 5.74) is 0.832. The molecule has 0 aromatic heterocycles. The van der Waals surface area contributed by atoms with Crippen molar-refractivity contribution in [3.63, 3.8) is 0 Å². The van der Waals surface area contributed by atoms with Gasteiger partial charge in [-0.25, -0.2) is 0 Å². The molecule has 1 rings (SSSR count). The molecule has 0 saturated heterocycles. The van der Waals surface area contributed by atoms with Crippen molar-refractivity contribution in [3.05, 3.63) is 23.8 Å². The average Bonchev–Trinajstić information content (AvgIpc) is 2.27. The second kappa shape index (κ2) is 7.21. The van der Waals surface area contributed by atoms with Gasteiger partial charge in [0.25, 0.3) is 0 Å². The number of hydrogen-bond donors (Lipinski definition) is 4. The highest BCUT2D eigenvalue weighted by atomic mass is 32.1. The van der Waals surface area contributed by atoms with E-state index in [9.17, 15) is 10.2 Å².